The highest BCUT2D eigenvalue weighted by molar-refractivity contribution is 5.80. The predicted octanol–water partition coefficient (Wildman–Crippen LogP) is 3.47. The van der Waals surface area contributed by atoms with Gasteiger partial charge < -0.3 is 4.74 Å². The van der Waals surface area contributed by atoms with Gasteiger partial charge in [0, 0.05) is 0 Å². The molecule has 0 fully saturated rings. The Morgan fingerprint density at radius 2 is 1.81 bits per heavy atom. The minimum atomic E-state index is -0.373. The highest BCUT2D eigenvalue weighted by Crippen LogP contribution is 2.23. The van der Waals surface area contributed by atoms with Crippen LogP contribution in [-0.4, -0.2) is 11.9 Å². The number of carbonyl (C=O) groups is 1. The molecule has 1 aromatic rings. The summed E-state index contributed by atoms with van der Waals surface area (Å²) in [4.78, 5) is 11.1. The van der Waals surface area contributed by atoms with E-state index in [9.17, 15) is 4.79 Å². The number of Topliss-reactive ketones (excluding diaryl/α,β-unsaturated/α-hetero) is 1. The lowest BCUT2D eigenvalue weighted by Gasteiger charge is -2.15. The second-order valence-electron chi connectivity index (χ2n) is 4.60. The Bertz CT molecular complexity index is 380. The number of ketones is 1. The molecule has 2 nitrogen and oxygen atoms in total. The van der Waals surface area contributed by atoms with Gasteiger partial charge in [0.2, 0.25) is 0 Å². The van der Waals surface area contributed by atoms with Gasteiger partial charge in [-0.25, -0.2) is 0 Å². The molecule has 1 aromatic carbocycles. The first kappa shape index (κ1) is 12.8. The van der Waals surface area contributed by atoms with Gasteiger partial charge in [0.1, 0.15) is 5.75 Å². The Morgan fingerprint density at radius 1 is 1.19 bits per heavy atom. The minimum Gasteiger partial charge on any atom is -0.483 e. The molecular weight excluding hydrogens is 200 g/mol. The van der Waals surface area contributed by atoms with Gasteiger partial charge in [0.25, 0.3) is 0 Å². The zero-order valence-electron chi connectivity index (χ0n) is 10.7. The summed E-state index contributed by atoms with van der Waals surface area (Å²) in [6.07, 6.45) is -0.373. The van der Waals surface area contributed by atoms with Gasteiger partial charge in [-0.3, -0.25) is 4.79 Å². The summed E-state index contributed by atoms with van der Waals surface area (Å²) in [5.74, 6) is 1.30. The van der Waals surface area contributed by atoms with Crippen LogP contribution < -0.4 is 4.74 Å². The van der Waals surface area contributed by atoms with Crippen molar-refractivity contribution in [3.63, 3.8) is 0 Å². The number of aryl methyl sites for hydroxylation is 1. The molecule has 0 saturated carbocycles. The largest absolute Gasteiger partial charge is 0.483 e. The Hall–Kier alpha value is -1.31. The summed E-state index contributed by atoms with van der Waals surface area (Å²) in [5, 5.41) is 0. The fraction of sp³-hybridized carbons (Fsp3) is 0.500. The van der Waals surface area contributed by atoms with Crippen molar-refractivity contribution in [2.24, 2.45) is 0 Å². The van der Waals surface area contributed by atoms with Crippen LogP contribution in [0.1, 0.15) is 44.7 Å². The van der Waals surface area contributed by atoms with Crippen LogP contribution in [0.5, 0.6) is 5.75 Å². The molecule has 0 amide bonds. The standard InChI is InChI=1S/C14H20O2/c1-9(2)13-6-10(3)7-14(8-13)16-12(5)11(4)15/h6-9,12H,1-5H3. The molecule has 16 heavy (non-hydrogen) atoms. The molecule has 0 aliphatic rings. The highest BCUT2D eigenvalue weighted by Gasteiger charge is 2.10. The van der Waals surface area contributed by atoms with Crippen LogP contribution in [0.4, 0.5) is 0 Å². The van der Waals surface area contributed by atoms with Gasteiger partial charge in [-0.2, -0.15) is 0 Å². The van der Waals surface area contributed by atoms with Crippen molar-refractivity contribution in [3.05, 3.63) is 29.3 Å². The highest BCUT2D eigenvalue weighted by atomic mass is 16.5. The summed E-state index contributed by atoms with van der Waals surface area (Å²) >= 11 is 0. The molecule has 0 saturated heterocycles. The van der Waals surface area contributed by atoms with E-state index in [-0.39, 0.29) is 11.9 Å². The summed E-state index contributed by atoms with van der Waals surface area (Å²) in [7, 11) is 0. The van der Waals surface area contributed by atoms with Crippen molar-refractivity contribution < 1.29 is 9.53 Å². The normalized spacial score (nSPS) is 12.6. The fourth-order valence-electron chi connectivity index (χ4n) is 1.47. The molecule has 2 heteroatoms. The second kappa shape index (κ2) is 5.15. The number of ether oxygens (including phenoxy) is 1. The van der Waals surface area contributed by atoms with E-state index < -0.39 is 0 Å². The molecule has 0 bridgehead atoms. The van der Waals surface area contributed by atoms with Crippen LogP contribution in [0, 0.1) is 6.92 Å². The number of rotatable bonds is 4. The lowest BCUT2D eigenvalue weighted by Crippen LogP contribution is -2.20. The molecule has 0 aromatic heterocycles. The Balaban J connectivity index is 2.92. The second-order valence-corrected chi connectivity index (χ2v) is 4.60. The first-order chi connectivity index (χ1) is 7.40. The maximum absolute atomic E-state index is 11.1. The monoisotopic (exact) mass is 220 g/mol. The van der Waals surface area contributed by atoms with E-state index in [2.05, 4.69) is 19.9 Å². The van der Waals surface area contributed by atoms with E-state index in [4.69, 9.17) is 4.74 Å². The first-order valence-electron chi connectivity index (χ1n) is 5.69. The van der Waals surface area contributed by atoms with Gasteiger partial charge >= 0.3 is 0 Å². The summed E-state index contributed by atoms with van der Waals surface area (Å²) < 4.78 is 5.60. The number of hydrogen-bond donors (Lipinski definition) is 0. The van der Waals surface area contributed by atoms with Crippen LogP contribution in [0.2, 0.25) is 0 Å². The molecule has 0 aliphatic heterocycles. The molecule has 0 N–H and O–H groups in total. The van der Waals surface area contributed by atoms with Crippen LogP contribution >= 0.6 is 0 Å². The average molecular weight is 220 g/mol. The Kier molecular flexibility index (Phi) is 4.11. The van der Waals surface area contributed by atoms with E-state index in [1.807, 2.05) is 19.1 Å². The van der Waals surface area contributed by atoms with Gasteiger partial charge in [-0.05, 0) is 49.9 Å². The van der Waals surface area contributed by atoms with Crippen LogP contribution in [0.25, 0.3) is 0 Å². The third-order valence-electron chi connectivity index (χ3n) is 2.63. The van der Waals surface area contributed by atoms with Gasteiger partial charge in [0.05, 0.1) is 0 Å². The zero-order valence-corrected chi connectivity index (χ0v) is 10.7. The third kappa shape index (κ3) is 3.37. The van der Waals surface area contributed by atoms with Crippen LogP contribution in [0.15, 0.2) is 18.2 Å². The molecule has 0 aliphatic carbocycles. The third-order valence-corrected chi connectivity index (χ3v) is 2.63. The molecular formula is C14H20O2. The van der Waals surface area contributed by atoms with Crippen molar-refractivity contribution in [1.29, 1.82) is 0 Å². The average Bonchev–Trinajstić information content (AvgIpc) is 2.16. The van der Waals surface area contributed by atoms with Crippen molar-refractivity contribution >= 4 is 5.78 Å². The minimum absolute atomic E-state index is 0.0487. The van der Waals surface area contributed by atoms with E-state index in [1.54, 1.807) is 13.8 Å². The van der Waals surface area contributed by atoms with E-state index in [0.29, 0.717) is 5.92 Å². The van der Waals surface area contributed by atoms with Crippen LogP contribution in [-0.2, 0) is 4.79 Å². The zero-order chi connectivity index (χ0) is 12.3. The molecule has 88 valence electrons. The maximum Gasteiger partial charge on any atom is 0.169 e. The van der Waals surface area contributed by atoms with Gasteiger partial charge in [-0.15, -0.1) is 0 Å². The fourth-order valence-corrected chi connectivity index (χ4v) is 1.47. The smallest absolute Gasteiger partial charge is 0.169 e. The first-order valence-corrected chi connectivity index (χ1v) is 5.69. The molecule has 1 unspecified atom stereocenters. The summed E-state index contributed by atoms with van der Waals surface area (Å²) in [5.41, 5.74) is 2.41. The summed E-state index contributed by atoms with van der Waals surface area (Å²) in [6, 6.07) is 6.12. The van der Waals surface area contributed by atoms with E-state index >= 15 is 0 Å². The maximum atomic E-state index is 11.1. The summed E-state index contributed by atoms with van der Waals surface area (Å²) in [6.45, 7) is 9.65. The molecule has 0 heterocycles. The van der Waals surface area contributed by atoms with Crippen molar-refractivity contribution in [2.75, 3.05) is 0 Å². The quantitative estimate of drug-likeness (QED) is 0.776. The number of hydrogen-bond acceptors (Lipinski definition) is 2. The van der Waals surface area contributed by atoms with Crippen molar-refractivity contribution in [3.8, 4) is 5.75 Å². The number of carbonyl (C=O) groups excluding carboxylic acids is 1. The molecule has 0 spiro atoms. The molecule has 1 rings (SSSR count). The predicted molar refractivity (Wildman–Crippen MR) is 66.0 cm³/mol. The van der Waals surface area contributed by atoms with Crippen LogP contribution in [0.3, 0.4) is 0 Å². The van der Waals surface area contributed by atoms with Gasteiger partial charge in [0.15, 0.2) is 11.9 Å². The Labute approximate surface area is 97.6 Å². The number of benzene rings is 1. The topological polar surface area (TPSA) is 26.3 Å². The van der Waals surface area contributed by atoms with E-state index in [1.165, 1.54) is 5.56 Å². The van der Waals surface area contributed by atoms with Crippen molar-refractivity contribution in [2.45, 2.75) is 46.6 Å². The molecule has 1 atom stereocenters. The van der Waals surface area contributed by atoms with Gasteiger partial charge in [-0.1, -0.05) is 19.9 Å². The van der Waals surface area contributed by atoms with Crippen molar-refractivity contribution in [1.82, 2.24) is 0 Å². The SMILES string of the molecule is CC(=O)C(C)Oc1cc(C)cc(C(C)C)c1. The lowest BCUT2D eigenvalue weighted by atomic mass is 10.0. The Morgan fingerprint density at radius 3 is 2.31 bits per heavy atom. The molecule has 0 radical (unpaired) electrons. The van der Waals surface area contributed by atoms with E-state index in [0.717, 1.165) is 11.3 Å². The lowest BCUT2D eigenvalue weighted by molar-refractivity contribution is -0.122.